The summed E-state index contributed by atoms with van der Waals surface area (Å²) in [5.41, 5.74) is 2.19. The van der Waals surface area contributed by atoms with Crippen molar-refractivity contribution in [2.45, 2.75) is 6.61 Å². The van der Waals surface area contributed by atoms with Gasteiger partial charge in [-0.2, -0.15) is 0 Å². The second-order valence-electron chi connectivity index (χ2n) is 7.04. The molecular weight excluding hydrogens is 416 g/mol. The van der Waals surface area contributed by atoms with Crippen LogP contribution in [0.2, 0.25) is 5.02 Å². The number of para-hydroxylation sites is 1. The van der Waals surface area contributed by atoms with E-state index in [1.165, 1.54) is 6.07 Å². The molecule has 0 bridgehead atoms. The van der Waals surface area contributed by atoms with Crippen LogP contribution >= 0.6 is 11.6 Å². The Hall–Kier alpha value is -3.70. The number of benzene rings is 3. The van der Waals surface area contributed by atoms with Crippen molar-refractivity contribution < 1.29 is 18.3 Å². The van der Waals surface area contributed by atoms with Crippen LogP contribution in [-0.2, 0) is 6.61 Å². The van der Waals surface area contributed by atoms with Gasteiger partial charge in [0, 0.05) is 27.4 Å². The molecule has 0 spiro atoms. The van der Waals surface area contributed by atoms with Crippen molar-refractivity contribution >= 4 is 33.5 Å². The molecule has 5 nitrogen and oxygen atoms in total. The molecule has 0 aliphatic heterocycles. The van der Waals surface area contributed by atoms with Gasteiger partial charge in [0.1, 0.15) is 23.7 Å². The highest BCUT2D eigenvalue weighted by Gasteiger charge is 2.15. The fourth-order valence-electron chi connectivity index (χ4n) is 3.56. The van der Waals surface area contributed by atoms with E-state index in [1.54, 1.807) is 19.2 Å². The van der Waals surface area contributed by atoms with Gasteiger partial charge in [-0.1, -0.05) is 35.9 Å². The van der Waals surface area contributed by atoms with Gasteiger partial charge in [-0.15, -0.1) is 0 Å². The first kappa shape index (κ1) is 19.3. The number of fused-ring (bicyclic) bond motifs is 2. The van der Waals surface area contributed by atoms with Gasteiger partial charge < -0.3 is 18.3 Å². The van der Waals surface area contributed by atoms with Gasteiger partial charge in [0.05, 0.1) is 7.11 Å². The maximum Gasteiger partial charge on any atom is 0.336 e. The van der Waals surface area contributed by atoms with E-state index in [0.717, 1.165) is 10.9 Å². The molecular formula is C25H17ClO5. The molecule has 0 N–H and O–H groups in total. The quantitative estimate of drug-likeness (QED) is 0.299. The lowest BCUT2D eigenvalue weighted by Crippen LogP contribution is -1.99. The molecule has 154 valence electrons. The van der Waals surface area contributed by atoms with E-state index in [0.29, 0.717) is 51.0 Å². The Morgan fingerprint density at radius 3 is 2.65 bits per heavy atom. The molecule has 2 heterocycles. The van der Waals surface area contributed by atoms with Crippen molar-refractivity contribution in [3.63, 3.8) is 0 Å². The van der Waals surface area contributed by atoms with Crippen LogP contribution in [0.5, 0.6) is 11.5 Å². The fraction of sp³-hybridized carbons (Fsp3) is 0.0800. The highest BCUT2D eigenvalue weighted by Crippen LogP contribution is 2.36. The van der Waals surface area contributed by atoms with Crippen LogP contribution in [0.3, 0.4) is 0 Å². The Balaban J connectivity index is 1.58. The van der Waals surface area contributed by atoms with Crippen LogP contribution in [0.1, 0.15) is 5.56 Å². The molecule has 5 aromatic rings. The third kappa shape index (κ3) is 3.76. The second kappa shape index (κ2) is 7.85. The summed E-state index contributed by atoms with van der Waals surface area (Å²) in [6.45, 7) is 0.361. The van der Waals surface area contributed by atoms with E-state index in [9.17, 15) is 4.79 Å². The average Bonchev–Trinajstić information content (AvgIpc) is 3.21. The highest BCUT2D eigenvalue weighted by atomic mass is 35.5. The van der Waals surface area contributed by atoms with Crippen LogP contribution in [0.4, 0.5) is 0 Å². The van der Waals surface area contributed by atoms with Gasteiger partial charge in [0.2, 0.25) is 0 Å². The van der Waals surface area contributed by atoms with Crippen molar-refractivity contribution in [2.24, 2.45) is 0 Å². The summed E-state index contributed by atoms with van der Waals surface area (Å²) in [5, 5.41) is 2.24. The van der Waals surface area contributed by atoms with Crippen molar-refractivity contribution in [3.05, 3.63) is 93.8 Å². The molecule has 0 atom stereocenters. The summed E-state index contributed by atoms with van der Waals surface area (Å²) < 4.78 is 22.8. The number of hydrogen-bond donors (Lipinski definition) is 0. The molecule has 0 radical (unpaired) electrons. The predicted molar refractivity (Wildman–Crippen MR) is 120 cm³/mol. The van der Waals surface area contributed by atoms with Crippen LogP contribution in [-0.4, -0.2) is 7.11 Å². The van der Waals surface area contributed by atoms with Crippen molar-refractivity contribution in [1.82, 2.24) is 0 Å². The number of methoxy groups -OCH3 is 1. The Morgan fingerprint density at radius 1 is 0.935 bits per heavy atom. The lowest BCUT2D eigenvalue weighted by Gasteiger charge is -2.09. The van der Waals surface area contributed by atoms with Crippen molar-refractivity contribution in [3.8, 4) is 22.8 Å². The topological polar surface area (TPSA) is 61.8 Å². The summed E-state index contributed by atoms with van der Waals surface area (Å²) in [4.78, 5) is 12.2. The van der Waals surface area contributed by atoms with Gasteiger partial charge in [-0.05, 0) is 48.0 Å². The first-order chi connectivity index (χ1) is 15.1. The molecule has 6 heteroatoms. The summed E-state index contributed by atoms with van der Waals surface area (Å²) in [7, 11) is 1.59. The molecule has 5 rings (SSSR count). The van der Waals surface area contributed by atoms with Gasteiger partial charge in [-0.25, -0.2) is 4.79 Å². The Labute approximate surface area is 182 Å². The molecule has 0 saturated heterocycles. The third-order valence-electron chi connectivity index (χ3n) is 5.00. The van der Waals surface area contributed by atoms with E-state index in [-0.39, 0.29) is 0 Å². The Morgan fingerprint density at radius 2 is 1.81 bits per heavy atom. The monoisotopic (exact) mass is 432 g/mol. The number of furan rings is 1. The number of halogens is 1. The normalized spacial score (nSPS) is 11.2. The van der Waals surface area contributed by atoms with Crippen LogP contribution < -0.4 is 15.1 Å². The van der Waals surface area contributed by atoms with Crippen molar-refractivity contribution in [2.75, 3.05) is 7.11 Å². The van der Waals surface area contributed by atoms with Crippen LogP contribution in [0.25, 0.3) is 33.3 Å². The van der Waals surface area contributed by atoms with E-state index in [2.05, 4.69) is 0 Å². The smallest absolute Gasteiger partial charge is 0.336 e. The second-order valence-corrected chi connectivity index (χ2v) is 7.48. The zero-order valence-corrected chi connectivity index (χ0v) is 17.3. The van der Waals surface area contributed by atoms with Crippen LogP contribution in [0.15, 0.2) is 86.4 Å². The maximum atomic E-state index is 12.2. The number of rotatable bonds is 5. The zero-order valence-electron chi connectivity index (χ0n) is 16.6. The first-order valence-corrected chi connectivity index (χ1v) is 10.0. The third-order valence-corrected chi connectivity index (χ3v) is 5.24. The van der Waals surface area contributed by atoms with Gasteiger partial charge in [0.15, 0.2) is 11.3 Å². The summed E-state index contributed by atoms with van der Waals surface area (Å²) in [6, 6.07) is 21.8. The summed E-state index contributed by atoms with van der Waals surface area (Å²) >= 11 is 6.05. The van der Waals surface area contributed by atoms with Crippen molar-refractivity contribution in [1.29, 1.82) is 0 Å². The Kier molecular flexibility index (Phi) is 4.88. The molecule has 0 amide bonds. The van der Waals surface area contributed by atoms with E-state index >= 15 is 0 Å². The zero-order chi connectivity index (χ0) is 21.4. The average molecular weight is 433 g/mol. The van der Waals surface area contributed by atoms with Gasteiger partial charge in [0.25, 0.3) is 0 Å². The van der Waals surface area contributed by atoms with Crippen LogP contribution in [0, 0.1) is 0 Å². The minimum Gasteiger partial charge on any atom is -0.493 e. The largest absolute Gasteiger partial charge is 0.493 e. The minimum absolute atomic E-state index is 0.361. The molecule has 0 unspecified atom stereocenters. The molecule has 0 aliphatic carbocycles. The highest BCUT2D eigenvalue weighted by molar-refractivity contribution is 6.30. The molecule has 0 saturated carbocycles. The Bertz CT molecular complexity index is 1460. The molecule has 0 fully saturated rings. The number of ether oxygens (including phenoxy) is 2. The fourth-order valence-corrected chi connectivity index (χ4v) is 3.77. The van der Waals surface area contributed by atoms with E-state index in [4.69, 9.17) is 29.9 Å². The standard InChI is InChI=1S/C25H17ClO5/c1-28-22-7-3-5-16-11-23(31-25(16)22)20-13-24(27)30-21-9-8-18(12-19(20)21)29-14-15-4-2-6-17(26)10-15/h2-13H,14H2,1H3. The summed E-state index contributed by atoms with van der Waals surface area (Å²) in [5.74, 6) is 1.81. The molecule has 31 heavy (non-hydrogen) atoms. The minimum atomic E-state index is -0.456. The first-order valence-electron chi connectivity index (χ1n) is 9.63. The van der Waals surface area contributed by atoms with E-state index in [1.807, 2.05) is 54.6 Å². The lowest BCUT2D eigenvalue weighted by atomic mass is 10.1. The van der Waals surface area contributed by atoms with E-state index < -0.39 is 5.63 Å². The molecule has 0 aliphatic rings. The summed E-state index contributed by atoms with van der Waals surface area (Å²) in [6.07, 6.45) is 0. The molecule has 3 aromatic carbocycles. The van der Waals surface area contributed by atoms with Gasteiger partial charge >= 0.3 is 5.63 Å². The lowest BCUT2D eigenvalue weighted by molar-refractivity contribution is 0.306. The predicted octanol–water partition coefficient (Wildman–Crippen LogP) is 6.45. The number of hydrogen-bond acceptors (Lipinski definition) is 5. The molecule has 2 aromatic heterocycles. The van der Waals surface area contributed by atoms with Gasteiger partial charge in [-0.3, -0.25) is 0 Å². The maximum absolute atomic E-state index is 12.2. The SMILES string of the molecule is COc1cccc2cc(-c3cc(=O)oc4ccc(OCc5cccc(Cl)c5)cc34)oc12.